The molecule has 10 nitrogen and oxygen atoms in total. The Morgan fingerprint density at radius 3 is 2.52 bits per heavy atom. The number of morpholine rings is 1. The van der Waals surface area contributed by atoms with E-state index < -0.39 is 19.9 Å². The zero-order valence-electron chi connectivity index (χ0n) is 23.1. The minimum Gasteiger partial charge on any atom is -0.496 e. The van der Waals surface area contributed by atoms with Crippen LogP contribution in [0.5, 0.6) is 5.75 Å². The molecule has 2 saturated heterocycles. The van der Waals surface area contributed by atoms with Crippen molar-refractivity contribution in [2.75, 3.05) is 70.4 Å². The standard InChI is InChI=1S/C28H38N4O6S2/c1-37-28-20-24(40(35,36)32-11-8-23(9-12-32)31-13-15-38-16-14-31)7-6-21(28)18-22-19-27(29-10-17-39(2,33)34)25-4-3-5-26(25)30-22/h3-4,6-7,19-20,23H,5,8-18H2,1-2H3,(H,29,30). The molecule has 2 aliphatic heterocycles. The van der Waals surface area contributed by atoms with Crippen molar-refractivity contribution in [2.45, 2.75) is 36.6 Å². The summed E-state index contributed by atoms with van der Waals surface area (Å²) in [6.07, 6.45) is 8.04. The topological polar surface area (TPSA) is 118 Å². The Kier molecular flexibility index (Phi) is 8.81. The molecule has 1 N–H and O–H groups in total. The van der Waals surface area contributed by atoms with E-state index in [9.17, 15) is 16.8 Å². The summed E-state index contributed by atoms with van der Waals surface area (Å²) in [6, 6.07) is 7.39. The first-order valence-electron chi connectivity index (χ1n) is 13.7. The van der Waals surface area contributed by atoms with Crippen molar-refractivity contribution in [3.8, 4) is 5.75 Å². The van der Waals surface area contributed by atoms with Crippen LogP contribution in [0.15, 0.2) is 35.2 Å². The van der Waals surface area contributed by atoms with Crippen molar-refractivity contribution < 1.29 is 26.3 Å². The summed E-state index contributed by atoms with van der Waals surface area (Å²) in [6.45, 7) is 4.59. The molecule has 0 amide bonds. The average molecular weight is 591 g/mol. The summed E-state index contributed by atoms with van der Waals surface area (Å²) in [5, 5.41) is 3.25. The first-order valence-corrected chi connectivity index (χ1v) is 17.2. The lowest BCUT2D eigenvalue weighted by Gasteiger charge is -2.39. The Morgan fingerprint density at radius 1 is 1.07 bits per heavy atom. The van der Waals surface area contributed by atoms with E-state index in [0.717, 1.165) is 67.3 Å². The van der Waals surface area contributed by atoms with Crippen LogP contribution in [0.4, 0.5) is 5.69 Å². The SMILES string of the molecule is COc1cc(S(=O)(=O)N2CCC(N3CCOCC3)CC2)ccc1Cc1cc(NCCS(C)(=O)=O)c2c(n1)CC=C2. The molecule has 5 rings (SSSR count). The lowest BCUT2D eigenvalue weighted by Crippen LogP contribution is -2.50. The van der Waals surface area contributed by atoms with Gasteiger partial charge in [-0.05, 0) is 25.0 Å². The zero-order valence-corrected chi connectivity index (χ0v) is 24.8. The zero-order chi connectivity index (χ0) is 28.3. The maximum absolute atomic E-state index is 13.5. The second-order valence-corrected chi connectivity index (χ2v) is 14.8. The maximum Gasteiger partial charge on any atom is 0.243 e. The van der Waals surface area contributed by atoms with Crippen molar-refractivity contribution in [2.24, 2.45) is 0 Å². The number of methoxy groups -OCH3 is 1. The highest BCUT2D eigenvalue weighted by atomic mass is 32.2. The number of ether oxygens (including phenoxy) is 2. The van der Waals surface area contributed by atoms with Crippen LogP contribution in [0.3, 0.4) is 0 Å². The van der Waals surface area contributed by atoms with Crippen molar-refractivity contribution >= 4 is 31.6 Å². The van der Waals surface area contributed by atoms with Gasteiger partial charge in [0.1, 0.15) is 15.6 Å². The van der Waals surface area contributed by atoms with E-state index in [1.807, 2.05) is 18.2 Å². The van der Waals surface area contributed by atoms with Crippen LogP contribution in [-0.2, 0) is 37.4 Å². The normalized spacial score (nSPS) is 19.1. The van der Waals surface area contributed by atoms with Crippen LogP contribution < -0.4 is 10.1 Å². The minimum atomic E-state index is -3.65. The van der Waals surface area contributed by atoms with Gasteiger partial charge in [0.15, 0.2) is 0 Å². The molecular formula is C28H38N4O6S2. The molecule has 2 fully saturated rings. The van der Waals surface area contributed by atoms with E-state index in [0.29, 0.717) is 44.3 Å². The van der Waals surface area contributed by atoms with Crippen LogP contribution in [0.25, 0.3) is 6.08 Å². The highest BCUT2D eigenvalue weighted by molar-refractivity contribution is 7.90. The van der Waals surface area contributed by atoms with Crippen LogP contribution in [-0.4, -0.2) is 102 Å². The van der Waals surface area contributed by atoms with Crippen molar-refractivity contribution in [1.82, 2.24) is 14.2 Å². The van der Waals surface area contributed by atoms with Crippen molar-refractivity contribution in [1.29, 1.82) is 0 Å². The van der Waals surface area contributed by atoms with E-state index in [1.165, 1.54) is 6.26 Å². The molecule has 40 heavy (non-hydrogen) atoms. The molecule has 0 saturated carbocycles. The summed E-state index contributed by atoms with van der Waals surface area (Å²) in [5.41, 5.74) is 4.37. The van der Waals surface area contributed by atoms with E-state index in [-0.39, 0.29) is 10.6 Å². The van der Waals surface area contributed by atoms with Gasteiger partial charge in [-0.3, -0.25) is 9.88 Å². The summed E-state index contributed by atoms with van der Waals surface area (Å²) in [7, 11) is -5.19. The molecule has 0 spiro atoms. The van der Waals surface area contributed by atoms with Gasteiger partial charge < -0.3 is 14.8 Å². The fourth-order valence-corrected chi connectivity index (χ4v) is 7.63. The third-order valence-electron chi connectivity index (χ3n) is 7.83. The summed E-state index contributed by atoms with van der Waals surface area (Å²) >= 11 is 0. The van der Waals surface area contributed by atoms with E-state index in [2.05, 4.69) is 10.2 Å². The molecule has 0 bridgehead atoms. The number of fused-ring (bicyclic) bond motifs is 1. The number of pyridine rings is 1. The number of allylic oxidation sites excluding steroid dienone is 1. The summed E-state index contributed by atoms with van der Waals surface area (Å²) < 4.78 is 62.9. The second kappa shape index (κ2) is 12.2. The fourth-order valence-electron chi connectivity index (χ4n) is 5.67. The molecule has 1 aromatic heterocycles. The van der Waals surface area contributed by atoms with E-state index in [1.54, 1.807) is 29.6 Å². The van der Waals surface area contributed by atoms with Gasteiger partial charge in [-0.15, -0.1) is 0 Å². The number of aromatic nitrogens is 1. The lowest BCUT2D eigenvalue weighted by molar-refractivity contribution is 0.00610. The smallest absolute Gasteiger partial charge is 0.243 e. The number of nitrogens with one attached hydrogen (secondary N) is 1. The largest absolute Gasteiger partial charge is 0.496 e. The van der Waals surface area contributed by atoms with Gasteiger partial charge in [0.25, 0.3) is 0 Å². The molecule has 1 aliphatic carbocycles. The molecule has 12 heteroatoms. The molecule has 0 unspecified atom stereocenters. The molecule has 2 aromatic rings. The van der Waals surface area contributed by atoms with Gasteiger partial charge in [0.05, 0.1) is 36.7 Å². The summed E-state index contributed by atoms with van der Waals surface area (Å²) in [5.74, 6) is 0.536. The number of hydrogen-bond acceptors (Lipinski definition) is 9. The number of sulfone groups is 1. The Bertz CT molecular complexity index is 1460. The predicted octanol–water partition coefficient (Wildman–Crippen LogP) is 2.19. The number of nitrogens with zero attached hydrogens (tertiary/aromatic N) is 3. The number of sulfonamides is 1. The first-order chi connectivity index (χ1) is 19.1. The molecule has 3 aliphatic rings. The number of benzene rings is 1. The summed E-state index contributed by atoms with van der Waals surface area (Å²) in [4.78, 5) is 7.46. The van der Waals surface area contributed by atoms with Gasteiger partial charge in [-0.1, -0.05) is 18.2 Å². The third-order valence-corrected chi connectivity index (χ3v) is 10.7. The van der Waals surface area contributed by atoms with Crippen LogP contribution in [0.1, 0.15) is 35.4 Å². The minimum absolute atomic E-state index is 0.0395. The molecule has 3 heterocycles. The molecule has 0 atom stereocenters. The Hall–Kier alpha value is -2.51. The number of piperidine rings is 1. The van der Waals surface area contributed by atoms with Gasteiger partial charge in [0.2, 0.25) is 10.0 Å². The number of rotatable bonds is 10. The van der Waals surface area contributed by atoms with Crippen molar-refractivity contribution in [3.63, 3.8) is 0 Å². The Labute approximate surface area is 237 Å². The number of hydrogen-bond donors (Lipinski definition) is 1. The van der Waals surface area contributed by atoms with E-state index >= 15 is 0 Å². The lowest BCUT2D eigenvalue weighted by atomic mass is 10.0. The Balaban J connectivity index is 1.30. The van der Waals surface area contributed by atoms with Gasteiger partial charge in [-0.25, -0.2) is 16.8 Å². The fraction of sp³-hybridized carbons (Fsp3) is 0.536. The van der Waals surface area contributed by atoms with Crippen molar-refractivity contribution in [3.05, 3.63) is 52.9 Å². The molecule has 218 valence electrons. The van der Waals surface area contributed by atoms with Gasteiger partial charge in [0, 0.05) is 86.4 Å². The molecule has 0 radical (unpaired) electrons. The number of anilines is 1. The van der Waals surface area contributed by atoms with Crippen LogP contribution >= 0.6 is 0 Å². The average Bonchev–Trinajstić information content (AvgIpc) is 3.42. The Morgan fingerprint density at radius 2 is 1.82 bits per heavy atom. The maximum atomic E-state index is 13.5. The van der Waals surface area contributed by atoms with E-state index in [4.69, 9.17) is 14.5 Å². The second-order valence-electron chi connectivity index (χ2n) is 10.6. The van der Waals surface area contributed by atoms with Crippen LogP contribution in [0, 0.1) is 0 Å². The van der Waals surface area contributed by atoms with Gasteiger partial charge in [-0.2, -0.15) is 4.31 Å². The third kappa shape index (κ3) is 6.68. The highest BCUT2D eigenvalue weighted by Gasteiger charge is 2.32. The highest BCUT2D eigenvalue weighted by Crippen LogP contribution is 2.31. The van der Waals surface area contributed by atoms with Gasteiger partial charge >= 0.3 is 0 Å². The quantitative estimate of drug-likeness (QED) is 0.444. The van der Waals surface area contributed by atoms with Crippen LogP contribution in [0.2, 0.25) is 0 Å². The monoisotopic (exact) mass is 590 g/mol. The molecular weight excluding hydrogens is 552 g/mol. The first kappa shape index (κ1) is 29.0. The predicted molar refractivity (Wildman–Crippen MR) is 155 cm³/mol. The molecule has 1 aromatic carbocycles.